The minimum absolute atomic E-state index is 0.0157. The molecule has 30 heavy (non-hydrogen) atoms. The van der Waals surface area contributed by atoms with Gasteiger partial charge in [-0.1, -0.05) is 0 Å². The number of carbonyl (C=O) groups excluding carboxylic acids is 3. The van der Waals surface area contributed by atoms with Gasteiger partial charge >= 0.3 is 0 Å². The van der Waals surface area contributed by atoms with Crippen LogP contribution in [0.3, 0.4) is 0 Å². The number of ketones is 1. The molecule has 1 aromatic carbocycles. The first-order valence-electron chi connectivity index (χ1n) is 10.5. The van der Waals surface area contributed by atoms with Gasteiger partial charge in [-0.15, -0.1) is 0 Å². The largest absolute Gasteiger partial charge is 0.361 e. The minimum Gasteiger partial charge on any atom is -0.361 e. The van der Waals surface area contributed by atoms with Crippen LogP contribution >= 0.6 is 0 Å². The lowest BCUT2D eigenvalue weighted by molar-refractivity contribution is -0.131. The summed E-state index contributed by atoms with van der Waals surface area (Å²) in [5.41, 5.74) is 0.315. The van der Waals surface area contributed by atoms with Crippen LogP contribution in [0.1, 0.15) is 41.6 Å². The van der Waals surface area contributed by atoms with Gasteiger partial charge in [0.1, 0.15) is 11.5 Å². The van der Waals surface area contributed by atoms with E-state index in [0.717, 1.165) is 12.8 Å². The van der Waals surface area contributed by atoms with Crippen molar-refractivity contribution in [1.29, 1.82) is 0 Å². The van der Waals surface area contributed by atoms with Crippen LogP contribution in [0.5, 0.6) is 0 Å². The first-order chi connectivity index (χ1) is 14.5. The molecule has 5 aliphatic heterocycles. The summed E-state index contributed by atoms with van der Waals surface area (Å²) in [5, 5.41) is 6.37. The van der Waals surface area contributed by atoms with Crippen LogP contribution < -0.4 is 15.5 Å². The second-order valence-electron chi connectivity index (χ2n) is 8.68. The zero-order valence-corrected chi connectivity index (χ0v) is 16.5. The molecule has 4 saturated heterocycles. The van der Waals surface area contributed by atoms with E-state index in [4.69, 9.17) is 0 Å². The van der Waals surface area contributed by atoms with Gasteiger partial charge in [-0.25, -0.2) is 8.78 Å². The third-order valence-corrected chi connectivity index (χ3v) is 7.04. The van der Waals surface area contributed by atoms with E-state index in [1.165, 1.54) is 6.07 Å². The average Bonchev–Trinajstić information content (AvgIpc) is 3.11. The molecule has 0 aliphatic carbocycles. The third kappa shape index (κ3) is 3.02. The van der Waals surface area contributed by atoms with Crippen LogP contribution in [0.4, 0.5) is 14.5 Å². The van der Waals surface area contributed by atoms with E-state index in [9.17, 15) is 18.8 Å². The molecule has 5 heterocycles. The van der Waals surface area contributed by atoms with Crippen LogP contribution in [-0.4, -0.2) is 66.7 Å². The molecule has 6 rings (SSSR count). The first kappa shape index (κ1) is 19.6. The molecule has 0 aromatic heterocycles. The molecule has 160 valence electrons. The van der Waals surface area contributed by atoms with Crippen molar-refractivity contribution in [1.82, 2.24) is 15.5 Å². The molecular formula is C21H24F2N4O3. The summed E-state index contributed by atoms with van der Waals surface area (Å²) >= 11 is 0. The fourth-order valence-corrected chi connectivity index (χ4v) is 5.36. The number of Topliss-reactive ketones (excluding diaryl/α,β-unsaturated/α-hetero) is 1. The topological polar surface area (TPSA) is 81.8 Å². The number of piperazine rings is 1. The monoisotopic (exact) mass is 418 g/mol. The van der Waals surface area contributed by atoms with Crippen LogP contribution in [0.25, 0.3) is 0 Å². The van der Waals surface area contributed by atoms with Gasteiger partial charge in [0.05, 0.1) is 18.2 Å². The van der Waals surface area contributed by atoms with E-state index in [1.54, 1.807) is 4.90 Å². The SMILES string of the molecule is O=CC(=O)C1CCC(N2Cc3c(cc(F)c(N4CC5CCC4CN5)c3F)C2=O)CN1. The van der Waals surface area contributed by atoms with Crippen LogP contribution in [0, 0.1) is 11.6 Å². The lowest BCUT2D eigenvalue weighted by Crippen LogP contribution is -2.61. The quantitative estimate of drug-likeness (QED) is 0.555. The van der Waals surface area contributed by atoms with Crippen molar-refractivity contribution in [2.24, 2.45) is 0 Å². The van der Waals surface area contributed by atoms with Gasteiger partial charge in [-0.2, -0.15) is 0 Å². The maximum Gasteiger partial charge on any atom is 0.255 e. The Hall–Kier alpha value is -2.39. The standard InChI is InChI=1S/C21H24F2N4O3/c22-16-5-14-15(19(23)20(16)26-8-11-1-2-12(26)6-24-11)9-27(21(14)30)13-3-4-17(25-7-13)18(29)10-28/h5,10-13,17,24-25H,1-4,6-9H2. The lowest BCUT2D eigenvalue weighted by Gasteiger charge is -2.47. The molecular weight excluding hydrogens is 394 g/mol. The van der Waals surface area contributed by atoms with Crippen molar-refractivity contribution in [3.05, 3.63) is 28.8 Å². The van der Waals surface area contributed by atoms with E-state index in [1.807, 2.05) is 4.90 Å². The number of nitrogens with one attached hydrogen (secondary N) is 2. The van der Waals surface area contributed by atoms with E-state index in [2.05, 4.69) is 10.6 Å². The van der Waals surface area contributed by atoms with Crippen LogP contribution in [-0.2, 0) is 16.1 Å². The van der Waals surface area contributed by atoms with E-state index in [-0.39, 0.29) is 47.4 Å². The van der Waals surface area contributed by atoms with Gasteiger partial charge in [-0.05, 0) is 31.7 Å². The van der Waals surface area contributed by atoms with Gasteiger partial charge in [-0.3, -0.25) is 14.4 Å². The molecule has 5 aliphatic rings. The number of hydrogen-bond acceptors (Lipinski definition) is 6. The zero-order chi connectivity index (χ0) is 21.0. The molecule has 7 nitrogen and oxygen atoms in total. The third-order valence-electron chi connectivity index (χ3n) is 7.04. The molecule has 4 fully saturated rings. The predicted molar refractivity (Wildman–Crippen MR) is 104 cm³/mol. The highest BCUT2D eigenvalue weighted by molar-refractivity contribution is 6.27. The lowest BCUT2D eigenvalue weighted by atomic mass is 9.92. The Morgan fingerprint density at radius 1 is 1.07 bits per heavy atom. The second-order valence-corrected chi connectivity index (χ2v) is 8.68. The Kier molecular flexibility index (Phi) is 4.82. The number of carbonyl (C=O) groups is 3. The number of amides is 1. The van der Waals surface area contributed by atoms with E-state index >= 15 is 4.39 Å². The maximum atomic E-state index is 15.5. The number of halogens is 2. The summed E-state index contributed by atoms with van der Waals surface area (Å²) in [6.07, 6.45) is 3.15. The summed E-state index contributed by atoms with van der Waals surface area (Å²) in [5.74, 6) is -2.21. The van der Waals surface area contributed by atoms with Gasteiger partial charge in [0.2, 0.25) is 5.78 Å². The first-order valence-corrected chi connectivity index (χ1v) is 10.5. The molecule has 4 atom stereocenters. The Labute approximate surface area is 172 Å². The predicted octanol–water partition coefficient (Wildman–Crippen LogP) is 0.750. The number of fused-ring (bicyclic) bond motifs is 4. The Balaban J connectivity index is 1.38. The summed E-state index contributed by atoms with van der Waals surface area (Å²) in [7, 11) is 0. The van der Waals surface area contributed by atoms with Gasteiger partial charge in [0.25, 0.3) is 5.91 Å². The molecule has 4 unspecified atom stereocenters. The number of hydrogen-bond donors (Lipinski definition) is 2. The summed E-state index contributed by atoms with van der Waals surface area (Å²) < 4.78 is 30.5. The zero-order valence-electron chi connectivity index (χ0n) is 16.5. The van der Waals surface area contributed by atoms with Crippen molar-refractivity contribution in [2.75, 3.05) is 24.5 Å². The minimum atomic E-state index is -0.688. The Bertz CT molecular complexity index is 908. The summed E-state index contributed by atoms with van der Waals surface area (Å²) in [6.45, 7) is 1.70. The van der Waals surface area contributed by atoms with Crippen molar-refractivity contribution >= 4 is 23.7 Å². The highest BCUT2D eigenvalue weighted by Crippen LogP contribution is 2.38. The average molecular weight is 418 g/mol. The number of nitrogens with zero attached hydrogens (tertiary/aromatic N) is 2. The Morgan fingerprint density at radius 3 is 2.40 bits per heavy atom. The normalized spacial score (nSPS) is 30.5. The maximum absolute atomic E-state index is 15.5. The molecule has 0 saturated carbocycles. The molecule has 1 amide bonds. The van der Waals surface area contributed by atoms with E-state index < -0.39 is 23.5 Å². The fourth-order valence-electron chi connectivity index (χ4n) is 5.36. The highest BCUT2D eigenvalue weighted by atomic mass is 19.1. The van der Waals surface area contributed by atoms with Crippen molar-refractivity contribution < 1.29 is 23.2 Å². The second kappa shape index (κ2) is 7.39. The number of rotatable bonds is 4. The summed E-state index contributed by atoms with van der Waals surface area (Å²) in [6, 6.07) is 0.695. The molecule has 2 bridgehead atoms. The Morgan fingerprint density at radius 2 is 1.80 bits per heavy atom. The molecule has 1 aromatic rings. The van der Waals surface area contributed by atoms with Gasteiger partial charge in [0, 0.05) is 43.3 Å². The molecule has 2 N–H and O–H groups in total. The number of piperidine rings is 3. The van der Waals surface area contributed by atoms with Crippen molar-refractivity contribution in [2.45, 2.75) is 56.4 Å². The van der Waals surface area contributed by atoms with Crippen LogP contribution in [0.15, 0.2) is 6.07 Å². The number of aldehydes is 1. The highest BCUT2D eigenvalue weighted by Gasteiger charge is 2.41. The van der Waals surface area contributed by atoms with Gasteiger partial charge in [0.15, 0.2) is 12.1 Å². The number of anilines is 1. The smallest absolute Gasteiger partial charge is 0.255 e. The summed E-state index contributed by atoms with van der Waals surface area (Å²) in [4.78, 5) is 38.5. The van der Waals surface area contributed by atoms with Gasteiger partial charge < -0.3 is 20.4 Å². The molecule has 0 radical (unpaired) electrons. The van der Waals surface area contributed by atoms with Crippen molar-refractivity contribution in [3.8, 4) is 0 Å². The molecule has 9 heteroatoms. The van der Waals surface area contributed by atoms with Crippen molar-refractivity contribution in [3.63, 3.8) is 0 Å². The fraction of sp³-hybridized carbons (Fsp3) is 0.571. The van der Waals surface area contributed by atoms with E-state index in [0.29, 0.717) is 38.8 Å². The van der Waals surface area contributed by atoms with Crippen LogP contribution in [0.2, 0.25) is 0 Å². The number of benzene rings is 1. The molecule has 0 spiro atoms.